The first kappa shape index (κ1) is 20.4. The van der Waals surface area contributed by atoms with Gasteiger partial charge in [-0.25, -0.2) is 4.39 Å². The van der Waals surface area contributed by atoms with Gasteiger partial charge in [0.2, 0.25) is 0 Å². The molecule has 0 spiro atoms. The van der Waals surface area contributed by atoms with E-state index in [1.165, 1.54) is 6.07 Å². The summed E-state index contributed by atoms with van der Waals surface area (Å²) in [5, 5.41) is 16.6. The van der Waals surface area contributed by atoms with E-state index in [-0.39, 0.29) is 41.3 Å². The molecule has 2 aliphatic carbocycles. The van der Waals surface area contributed by atoms with Crippen molar-refractivity contribution >= 4 is 29.9 Å². The quantitative estimate of drug-likeness (QED) is 0.347. The van der Waals surface area contributed by atoms with Crippen LogP contribution >= 0.6 is 24.0 Å². The van der Waals surface area contributed by atoms with E-state index in [1.807, 2.05) is 13.0 Å². The van der Waals surface area contributed by atoms with Crippen molar-refractivity contribution in [3.63, 3.8) is 0 Å². The van der Waals surface area contributed by atoms with Gasteiger partial charge in [-0.15, -0.1) is 24.0 Å². The van der Waals surface area contributed by atoms with E-state index in [0.29, 0.717) is 12.5 Å². The lowest BCUT2D eigenvalue weighted by Gasteiger charge is -2.19. The van der Waals surface area contributed by atoms with Crippen molar-refractivity contribution < 1.29 is 9.50 Å². The van der Waals surface area contributed by atoms with Crippen molar-refractivity contribution in [3.05, 3.63) is 35.6 Å². The van der Waals surface area contributed by atoms with Gasteiger partial charge >= 0.3 is 0 Å². The summed E-state index contributed by atoms with van der Waals surface area (Å²) >= 11 is 0. The molecule has 0 aromatic heterocycles. The van der Waals surface area contributed by atoms with Crippen molar-refractivity contribution in [2.45, 2.75) is 50.5 Å². The summed E-state index contributed by atoms with van der Waals surface area (Å²) in [5.74, 6) is 0.925. The van der Waals surface area contributed by atoms with Gasteiger partial charge in [0.05, 0.1) is 12.6 Å². The first-order valence-electron chi connectivity index (χ1n) is 9.09. The lowest BCUT2D eigenvalue weighted by molar-refractivity contribution is 0.134. The fourth-order valence-corrected chi connectivity index (χ4v) is 3.56. The van der Waals surface area contributed by atoms with Crippen LogP contribution in [0.15, 0.2) is 29.3 Å². The number of benzene rings is 1. The van der Waals surface area contributed by atoms with Gasteiger partial charge < -0.3 is 15.7 Å². The smallest absolute Gasteiger partial charge is 0.191 e. The largest absolute Gasteiger partial charge is 0.393 e. The Labute approximate surface area is 166 Å². The Balaban J connectivity index is 0.00000225. The Morgan fingerprint density at radius 1 is 1.32 bits per heavy atom. The van der Waals surface area contributed by atoms with Gasteiger partial charge in [-0.2, -0.15) is 0 Å². The molecule has 140 valence electrons. The molecule has 25 heavy (non-hydrogen) atoms. The van der Waals surface area contributed by atoms with Gasteiger partial charge in [-0.3, -0.25) is 4.99 Å². The number of rotatable bonds is 6. The first-order valence-corrected chi connectivity index (χ1v) is 9.09. The van der Waals surface area contributed by atoms with Crippen LogP contribution in [-0.2, 0) is 5.41 Å². The number of nitrogens with zero attached hydrogens (tertiary/aromatic N) is 1. The fourth-order valence-electron chi connectivity index (χ4n) is 3.56. The summed E-state index contributed by atoms with van der Waals surface area (Å²) in [7, 11) is 0. The number of aliphatic hydroxyl groups excluding tert-OH is 1. The SMILES string of the molecule is CCNC(=NCC1(c2cccc(F)c2)CC1)NCC1CCCC1O.I. The molecule has 2 atom stereocenters. The average molecular weight is 461 g/mol. The number of hydrogen-bond acceptors (Lipinski definition) is 2. The number of guanidine groups is 1. The number of nitrogens with one attached hydrogen (secondary N) is 2. The maximum absolute atomic E-state index is 13.5. The Hall–Kier alpha value is -0.890. The van der Waals surface area contributed by atoms with E-state index in [1.54, 1.807) is 12.1 Å². The van der Waals surface area contributed by atoms with E-state index in [0.717, 1.165) is 56.7 Å². The first-order chi connectivity index (χ1) is 11.6. The number of hydrogen-bond donors (Lipinski definition) is 3. The fraction of sp³-hybridized carbons (Fsp3) is 0.632. The molecule has 0 heterocycles. The molecule has 0 amide bonds. The molecule has 0 radical (unpaired) electrons. The van der Waals surface area contributed by atoms with Gasteiger partial charge in [0, 0.05) is 24.4 Å². The standard InChI is InChI=1S/C19H28FN3O.HI/c1-2-21-18(22-12-14-5-3-8-17(14)24)23-13-19(9-10-19)15-6-4-7-16(20)11-15;/h4,6-7,11,14,17,24H,2-3,5,8-10,12-13H2,1H3,(H2,21,22,23);1H. The van der Waals surface area contributed by atoms with Crippen LogP contribution in [0, 0.1) is 11.7 Å². The zero-order valence-electron chi connectivity index (χ0n) is 14.8. The zero-order valence-corrected chi connectivity index (χ0v) is 17.1. The molecule has 0 bridgehead atoms. The van der Waals surface area contributed by atoms with E-state index in [4.69, 9.17) is 4.99 Å². The third kappa shape index (κ3) is 5.29. The Bertz CT molecular complexity index is 592. The molecule has 2 fully saturated rings. The van der Waals surface area contributed by atoms with Crippen LogP contribution in [0.25, 0.3) is 0 Å². The predicted octanol–water partition coefficient (Wildman–Crippen LogP) is 3.19. The lowest BCUT2D eigenvalue weighted by Crippen LogP contribution is -2.41. The van der Waals surface area contributed by atoms with E-state index >= 15 is 0 Å². The van der Waals surface area contributed by atoms with E-state index in [9.17, 15) is 9.50 Å². The summed E-state index contributed by atoms with van der Waals surface area (Å²) in [6, 6.07) is 6.90. The molecule has 2 aliphatic rings. The van der Waals surface area contributed by atoms with E-state index in [2.05, 4.69) is 10.6 Å². The Kier molecular flexibility index (Phi) is 7.49. The van der Waals surface area contributed by atoms with Crippen LogP contribution in [0.4, 0.5) is 4.39 Å². The molecule has 1 aromatic rings. The van der Waals surface area contributed by atoms with Crippen molar-refractivity contribution in [1.29, 1.82) is 0 Å². The molecular formula is C19H29FIN3O. The highest BCUT2D eigenvalue weighted by Crippen LogP contribution is 2.48. The van der Waals surface area contributed by atoms with Crippen LogP contribution in [-0.4, -0.2) is 36.8 Å². The predicted molar refractivity (Wildman–Crippen MR) is 110 cm³/mol. The molecule has 1 aromatic carbocycles. The lowest BCUT2D eigenvalue weighted by atomic mass is 9.96. The van der Waals surface area contributed by atoms with Crippen LogP contribution in [0.3, 0.4) is 0 Å². The second-order valence-corrected chi connectivity index (χ2v) is 7.13. The summed E-state index contributed by atoms with van der Waals surface area (Å²) < 4.78 is 13.5. The number of halogens is 2. The number of aliphatic imine (C=N–C) groups is 1. The minimum absolute atomic E-state index is 0. The topological polar surface area (TPSA) is 56.7 Å². The summed E-state index contributed by atoms with van der Waals surface area (Å²) in [6.07, 6.45) is 5.00. The Morgan fingerprint density at radius 2 is 2.12 bits per heavy atom. The molecule has 6 heteroatoms. The molecule has 3 rings (SSSR count). The molecule has 4 nitrogen and oxygen atoms in total. The molecular weight excluding hydrogens is 432 g/mol. The van der Waals surface area contributed by atoms with Gasteiger partial charge in [0.25, 0.3) is 0 Å². The second-order valence-electron chi connectivity index (χ2n) is 7.13. The van der Waals surface area contributed by atoms with Crippen molar-refractivity contribution in [2.75, 3.05) is 19.6 Å². The zero-order chi connectivity index (χ0) is 17.0. The minimum Gasteiger partial charge on any atom is -0.393 e. The Morgan fingerprint density at radius 3 is 2.72 bits per heavy atom. The summed E-state index contributed by atoms with van der Waals surface area (Å²) in [6.45, 7) is 4.26. The van der Waals surface area contributed by atoms with Crippen LogP contribution in [0.5, 0.6) is 0 Å². The van der Waals surface area contributed by atoms with Gasteiger partial charge in [0.15, 0.2) is 5.96 Å². The van der Waals surface area contributed by atoms with Crippen molar-refractivity contribution in [1.82, 2.24) is 10.6 Å². The molecule has 2 saturated carbocycles. The highest BCUT2D eigenvalue weighted by molar-refractivity contribution is 14.0. The van der Waals surface area contributed by atoms with E-state index < -0.39 is 0 Å². The summed E-state index contributed by atoms with van der Waals surface area (Å²) in [4.78, 5) is 4.73. The third-order valence-electron chi connectivity index (χ3n) is 5.33. The highest BCUT2D eigenvalue weighted by Gasteiger charge is 2.44. The van der Waals surface area contributed by atoms with Crippen molar-refractivity contribution in [2.24, 2.45) is 10.9 Å². The van der Waals surface area contributed by atoms with Crippen LogP contribution in [0.1, 0.15) is 44.6 Å². The average Bonchev–Trinajstić information content (AvgIpc) is 3.26. The van der Waals surface area contributed by atoms with Crippen molar-refractivity contribution in [3.8, 4) is 0 Å². The van der Waals surface area contributed by atoms with Gasteiger partial charge in [0.1, 0.15) is 5.82 Å². The molecule has 2 unspecified atom stereocenters. The van der Waals surface area contributed by atoms with Gasteiger partial charge in [-0.05, 0) is 50.3 Å². The highest BCUT2D eigenvalue weighted by atomic mass is 127. The minimum atomic E-state index is -0.192. The summed E-state index contributed by atoms with van der Waals surface area (Å²) in [5.41, 5.74) is 1.05. The third-order valence-corrected chi connectivity index (χ3v) is 5.33. The number of aliphatic hydroxyl groups is 1. The molecule has 0 saturated heterocycles. The van der Waals surface area contributed by atoms with Crippen LogP contribution < -0.4 is 10.6 Å². The normalized spacial score (nSPS) is 24.5. The maximum Gasteiger partial charge on any atom is 0.191 e. The maximum atomic E-state index is 13.5. The molecule has 0 aliphatic heterocycles. The van der Waals surface area contributed by atoms with Gasteiger partial charge in [-0.1, -0.05) is 18.6 Å². The van der Waals surface area contributed by atoms with Crippen LogP contribution in [0.2, 0.25) is 0 Å². The monoisotopic (exact) mass is 461 g/mol. The second kappa shape index (κ2) is 9.16. The molecule has 3 N–H and O–H groups in total.